The van der Waals surface area contributed by atoms with E-state index in [-0.39, 0.29) is 17.2 Å². The molecule has 0 aliphatic heterocycles. The van der Waals surface area contributed by atoms with E-state index in [4.69, 9.17) is 21.1 Å². The number of ether oxygens (including phenoxy) is 2. The molecule has 0 saturated heterocycles. The molecule has 1 atom stereocenters. The number of hydrogen-bond donors (Lipinski definition) is 1. The topological polar surface area (TPSA) is 38.7 Å². The number of methoxy groups -OCH3 is 2. The number of halogens is 2. The lowest BCUT2D eigenvalue weighted by Crippen LogP contribution is -2.08. The fourth-order valence-electron chi connectivity index (χ4n) is 1.49. The smallest absolute Gasteiger partial charge is 0.165 e. The van der Waals surface area contributed by atoms with Gasteiger partial charge in [0.25, 0.3) is 0 Å². The third-order valence-corrected chi connectivity index (χ3v) is 2.56. The highest BCUT2D eigenvalue weighted by Gasteiger charge is 2.19. The third-order valence-electron chi connectivity index (χ3n) is 2.15. The normalized spacial score (nSPS) is 12.4. The van der Waals surface area contributed by atoms with Gasteiger partial charge in [-0.25, -0.2) is 4.39 Å². The van der Waals surface area contributed by atoms with Crippen molar-refractivity contribution in [2.45, 2.75) is 19.4 Å². The minimum atomic E-state index is -0.641. The minimum Gasteiger partial charge on any atom is -0.493 e. The summed E-state index contributed by atoms with van der Waals surface area (Å²) in [6.45, 7) is 1.59. The van der Waals surface area contributed by atoms with Gasteiger partial charge in [-0.05, 0) is 6.92 Å². The van der Waals surface area contributed by atoms with Crippen LogP contribution in [0.5, 0.6) is 11.5 Å². The molecule has 3 nitrogen and oxygen atoms in total. The lowest BCUT2D eigenvalue weighted by Gasteiger charge is -2.15. The summed E-state index contributed by atoms with van der Waals surface area (Å²) >= 11 is 5.83. The van der Waals surface area contributed by atoms with Crippen LogP contribution in [0.25, 0.3) is 0 Å². The second-order valence-electron chi connectivity index (χ2n) is 3.44. The largest absolute Gasteiger partial charge is 0.493 e. The summed E-state index contributed by atoms with van der Waals surface area (Å²) in [4.78, 5) is 0. The zero-order chi connectivity index (χ0) is 12.3. The van der Waals surface area contributed by atoms with Crippen LogP contribution in [0.1, 0.15) is 12.5 Å². The fourth-order valence-corrected chi connectivity index (χ4v) is 1.71. The lowest BCUT2D eigenvalue weighted by molar-refractivity contribution is 0.193. The molecule has 0 aliphatic carbocycles. The van der Waals surface area contributed by atoms with Gasteiger partial charge in [0.05, 0.1) is 25.3 Å². The predicted octanol–water partition coefficient (Wildman–Crippen LogP) is 2.42. The van der Waals surface area contributed by atoms with Gasteiger partial charge in [-0.15, -0.1) is 0 Å². The Balaban J connectivity index is 3.34. The van der Waals surface area contributed by atoms with Crippen LogP contribution in [-0.4, -0.2) is 25.4 Å². The van der Waals surface area contributed by atoms with Crippen molar-refractivity contribution in [3.05, 3.63) is 22.5 Å². The summed E-state index contributed by atoms with van der Waals surface area (Å²) < 4.78 is 23.6. The Morgan fingerprint density at radius 1 is 1.44 bits per heavy atom. The van der Waals surface area contributed by atoms with Gasteiger partial charge in [-0.2, -0.15) is 0 Å². The van der Waals surface area contributed by atoms with Crippen molar-refractivity contribution >= 4 is 11.6 Å². The van der Waals surface area contributed by atoms with Gasteiger partial charge in [-0.1, -0.05) is 11.6 Å². The average Bonchev–Trinajstić information content (AvgIpc) is 2.23. The Kier molecular flexibility index (Phi) is 4.38. The van der Waals surface area contributed by atoms with Crippen LogP contribution < -0.4 is 9.47 Å². The van der Waals surface area contributed by atoms with Gasteiger partial charge in [0, 0.05) is 18.1 Å². The first kappa shape index (κ1) is 13.1. The molecule has 0 spiro atoms. The van der Waals surface area contributed by atoms with Gasteiger partial charge in [0.1, 0.15) is 5.82 Å². The highest BCUT2D eigenvalue weighted by atomic mass is 35.5. The molecule has 0 aromatic heterocycles. The Morgan fingerprint density at radius 3 is 2.50 bits per heavy atom. The highest BCUT2D eigenvalue weighted by molar-refractivity contribution is 6.31. The SMILES string of the molecule is COc1cc(F)c(Cl)c(CC(C)O)c1OC. The quantitative estimate of drug-likeness (QED) is 0.889. The zero-order valence-corrected chi connectivity index (χ0v) is 10.1. The number of rotatable bonds is 4. The first-order valence-electron chi connectivity index (χ1n) is 4.78. The first-order chi connectivity index (χ1) is 7.51. The second-order valence-corrected chi connectivity index (χ2v) is 3.82. The van der Waals surface area contributed by atoms with Crippen LogP contribution >= 0.6 is 11.6 Å². The van der Waals surface area contributed by atoms with Crippen molar-refractivity contribution in [3.63, 3.8) is 0 Å². The number of aliphatic hydroxyl groups excluding tert-OH is 1. The molecular formula is C11H14ClFO3. The van der Waals surface area contributed by atoms with Gasteiger partial charge < -0.3 is 14.6 Å². The van der Waals surface area contributed by atoms with Crippen LogP contribution in [0.15, 0.2) is 6.07 Å². The molecule has 0 aliphatic rings. The first-order valence-corrected chi connectivity index (χ1v) is 5.16. The van der Waals surface area contributed by atoms with Crippen LogP contribution in [0, 0.1) is 5.82 Å². The Hall–Kier alpha value is -1.00. The molecule has 1 unspecified atom stereocenters. The molecule has 5 heteroatoms. The summed E-state index contributed by atoms with van der Waals surface area (Å²) in [6.07, 6.45) is -0.436. The summed E-state index contributed by atoms with van der Waals surface area (Å²) in [5.74, 6) is 0.0322. The van der Waals surface area contributed by atoms with Crippen molar-refractivity contribution < 1.29 is 19.0 Å². The van der Waals surface area contributed by atoms with Gasteiger partial charge in [-0.3, -0.25) is 0 Å². The molecule has 0 radical (unpaired) electrons. The molecule has 0 amide bonds. The van der Waals surface area contributed by atoms with Gasteiger partial charge in [0.15, 0.2) is 11.5 Å². The van der Waals surface area contributed by atoms with E-state index in [1.807, 2.05) is 0 Å². The van der Waals surface area contributed by atoms with Gasteiger partial charge in [0.2, 0.25) is 0 Å². The summed E-state index contributed by atoms with van der Waals surface area (Å²) in [6, 6.07) is 1.16. The maximum absolute atomic E-state index is 13.4. The monoisotopic (exact) mass is 248 g/mol. The highest BCUT2D eigenvalue weighted by Crippen LogP contribution is 2.38. The lowest BCUT2D eigenvalue weighted by atomic mass is 10.1. The molecule has 1 aromatic rings. The van der Waals surface area contributed by atoms with E-state index in [0.29, 0.717) is 11.3 Å². The minimum absolute atomic E-state index is 0.0430. The fraction of sp³-hybridized carbons (Fsp3) is 0.455. The maximum Gasteiger partial charge on any atom is 0.165 e. The van der Waals surface area contributed by atoms with E-state index < -0.39 is 11.9 Å². The van der Waals surface area contributed by atoms with E-state index in [2.05, 4.69) is 0 Å². The Morgan fingerprint density at radius 2 is 2.06 bits per heavy atom. The predicted molar refractivity (Wildman–Crippen MR) is 59.9 cm³/mol. The molecule has 0 heterocycles. The molecule has 90 valence electrons. The van der Waals surface area contributed by atoms with Crippen LogP contribution in [-0.2, 0) is 6.42 Å². The zero-order valence-electron chi connectivity index (χ0n) is 9.38. The molecule has 0 bridgehead atoms. The average molecular weight is 249 g/mol. The van der Waals surface area contributed by atoms with E-state index in [9.17, 15) is 9.50 Å². The molecule has 1 N–H and O–H groups in total. The second kappa shape index (κ2) is 5.37. The standard InChI is InChI=1S/C11H14ClFO3/c1-6(14)4-7-10(12)8(13)5-9(15-2)11(7)16-3/h5-6,14H,4H2,1-3H3. The molecule has 1 rings (SSSR count). The van der Waals surface area contributed by atoms with Crippen LogP contribution in [0.4, 0.5) is 4.39 Å². The van der Waals surface area contributed by atoms with Crippen LogP contribution in [0.3, 0.4) is 0 Å². The summed E-state index contributed by atoms with van der Waals surface area (Å²) in [7, 11) is 2.86. The number of hydrogen-bond acceptors (Lipinski definition) is 3. The molecule has 0 fully saturated rings. The van der Waals surface area contributed by atoms with Crippen molar-refractivity contribution in [1.82, 2.24) is 0 Å². The van der Waals surface area contributed by atoms with E-state index in [0.717, 1.165) is 6.07 Å². The van der Waals surface area contributed by atoms with Crippen molar-refractivity contribution in [2.75, 3.05) is 14.2 Å². The van der Waals surface area contributed by atoms with E-state index in [1.165, 1.54) is 14.2 Å². The Bertz CT molecular complexity index is 380. The van der Waals surface area contributed by atoms with Crippen molar-refractivity contribution in [1.29, 1.82) is 0 Å². The van der Waals surface area contributed by atoms with Gasteiger partial charge >= 0.3 is 0 Å². The van der Waals surface area contributed by atoms with E-state index in [1.54, 1.807) is 6.92 Å². The maximum atomic E-state index is 13.4. The third kappa shape index (κ3) is 2.57. The van der Waals surface area contributed by atoms with Crippen molar-refractivity contribution in [2.24, 2.45) is 0 Å². The number of benzene rings is 1. The summed E-state index contributed by atoms with van der Waals surface area (Å²) in [5, 5.41) is 9.28. The Labute approximate surface area is 98.7 Å². The van der Waals surface area contributed by atoms with Crippen molar-refractivity contribution in [3.8, 4) is 11.5 Å². The molecular weight excluding hydrogens is 235 g/mol. The molecule has 16 heavy (non-hydrogen) atoms. The number of aliphatic hydroxyl groups is 1. The molecule has 0 saturated carbocycles. The molecule has 1 aromatic carbocycles. The van der Waals surface area contributed by atoms with Crippen LogP contribution in [0.2, 0.25) is 5.02 Å². The van der Waals surface area contributed by atoms with E-state index >= 15 is 0 Å². The summed E-state index contributed by atoms with van der Waals surface area (Å²) in [5.41, 5.74) is 0.413.